The summed E-state index contributed by atoms with van der Waals surface area (Å²) in [5.41, 5.74) is 0. The van der Waals surface area contributed by atoms with Crippen molar-refractivity contribution in [3.63, 3.8) is 0 Å². The third kappa shape index (κ3) is 7.05. The van der Waals surface area contributed by atoms with Gasteiger partial charge in [-0.15, -0.1) is 0 Å². The van der Waals surface area contributed by atoms with Crippen molar-refractivity contribution in [1.29, 1.82) is 0 Å². The minimum Gasteiger partial charge on any atom is -0.394 e. The van der Waals surface area contributed by atoms with Gasteiger partial charge in [0.2, 0.25) is 0 Å². The summed E-state index contributed by atoms with van der Waals surface area (Å²) < 4.78 is 38.2. The molecule has 0 radical (unpaired) electrons. The Hall–Kier alpha value is -0.800. The van der Waals surface area contributed by atoms with E-state index in [1.165, 1.54) is 6.92 Å². The minimum atomic E-state index is -1.94. The summed E-state index contributed by atoms with van der Waals surface area (Å²) in [5.74, 6) is 0. The fourth-order valence-electron chi connectivity index (χ4n) is 5.49. The summed E-state index contributed by atoms with van der Waals surface area (Å²) in [6.07, 6.45) is -34.1. The van der Waals surface area contributed by atoms with Crippen LogP contribution in [0.15, 0.2) is 0 Å². The highest BCUT2D eigenvalue weighted by Crippen LogP contribution is 2.34. The molecule has 0 aromatic carbocycles. The monoisotopic (exact) mass is 650 g/mol. The number of rotatable bonds is 9. The highest BCUT2D eigenvalue weighted by atomic mass is 16.8. The maximum Gasteiger partial charge on any atom is 0.187 e. The van der Waals surface area contributed by atoms with Crippen LogP contribution in [0.3, 0.4) is 0 Å². The van der Waals surface area contributed by atoms with E-state index in [1.807, 2.05) is 0 Å². The topological polar surface area (TPSA) is 328 Å². The van der Waals surface area contributed by atoms with Crippen molar-refractivity contribution in [3.8, 4) is 0 Å². The Bertz CT molecular complexity index is 900. The largest absolute Gasteiger partial charge is 0.394 e. The first kappa shape index (κ1) is 36.0. The molecule has 0 aromatic rings. The van der Waals surface area contributed by atoms with Crippen LogP contribution < -0.4 is 0 Å². The SMILES string of the molecule is C[C@@H]1O[C@@H](O[C@H]2[C@@H](O)[C@@H](CO)OC(O)[C@@H]2O)[C@H](O)[C@H](O)[C@H]1O[C@H]1O[C@H](CO)[C@@H](O)[C@H](O)[C@@H]1O[C@H]1O[C@H](CO)[C@H](O)[C@H](O)[C@H]1O. The second-order valence-corrected chi connectivity index (χ2v) is 11.1. The Morgan fingerprint density at radius 2 is 0.841 bits per heavy atom. The van der Waals surface area contributed by atoms with Crippen LogP contribution in [0, 0.1) is 0 Å². The van der Waals surface area contributed by atoms with Crippen LogP contribution in [0.5, 0.6) is 0 Å². The molecule has 20 atom stereocenters. The van der Waals surface area contributed by atoms with E-state index < -0.39 is 143 Å². The van der Waals surface area contributed by atoms with Gasteiger partial charge in [-0.05, 0) is 6.92 Å². The van der Waals surface area contributed by atoms with Gasteiger partial charge < -0.3 is 99.5 Å². The summed E-state index contributed by atoms with van der Waals surface area (Å²) in [6, 6.07) is 0. The lowest BCUT2D eigenvalue weighted by Crippen LogP contribution is -2.67. The average molecular weight is 651 g/mol. The molecule has 0 bridgehead atoms. The molecule has 4 fully saturated rings. The lowest BCUT2D eigenvalue weighted by atomic mass is 9.96. The van der Waals surface area contributed by atoms with Crippen molar-refractivity contribution in [3.05, 3.63) is 0 Å². The Morgan fingerprint density at radius 1 is 0.409 bits per heavy atom. The van der Waals surface area contributed by atoms with Gasteiger partial charge >= 0.3 is 0 Å². The van der Waals surface area contributed by atoms with Gasteiger partial charge in [-0.1, -0.05) is 0 Å². The average Bonchev–Trinajstić information content (AvgIpc) is 3.00. The maximum absolute atomic E-state index is 11.0. The van der Waals surface area contributed by atoms with Crippen LogP contribution >= 0.6 is 0 Å². The smallest absolute Gasteiger partial charge is 0.187 e. The molecule has 0 spiro atoms. The second kappa shape index (κ2) is 15.0. The molecule has 0 saturated carbocycles. The zero-order valence-electron chi connectivity index (χ0n) is 23.3. The number of aliphatic hydroxyl groups is 13. The molecule has 258 valence electrons. The van der Waals surface area contributed by atoms with Crippen molar-refractivity contribution in [2.75, 3.05) is 19.8 Å². The van der Waals surface area contributed by atoms with Gasteiger partial charge in [0.05, 0.1) is 25.9 Å². The summed E-state index contributed by atoms with van der Waals surface area (Å²) in [4.78, 5) is 0. The zero-order valence-corrected chi connectivity index (χ0v) is 23.3. The number of hydrogen-bond donors (Lipinski definition) is 13. The normalized spacial score (nSPS) is 53.9. The van der Waals surface area contributed by atoms with Gasteiger partial charge in [-0.25, -0.2) is 0 Å². The molecule has 0 aliphatic carbocycles. The molecular formula is C24H42O20. The van der Waals surface area contributed by atoms with E-state index in [0.717, 1.165) is 0 Å². The predicted octanol–water partition coefficient (Wildman–Crippen LogP) is -8.72. The number of aliphatic hydroxyl groups excluding tert-OH is 13. The van der Waals surface area contributed by atoms with Crippen LogP contribution in [0.25, 0.3) is 0 Å². The van der Waals surface area contributed by atoms with Crippen LogP contribution in [-0.4, -0.2) is 209 Å². The van der Waals surface area contributed by atoms with E-state index in [1.54, 1.807) is 0 Å². The molecule has 4 rings (SSSR count). The molecule has 0 aromatic heterocycles. The van der Waals surface area contributed by atoms with Crippen molar-refractivity contribution in [2.45, 2.75) is 130 Å². The summed E-state index contributed by atoms with van der Waals surface area (Å²) >= 11 is 0. The fraction of sp³-hybridized carbons (Fsp3) is 1.00. The Kier molecular flexibility index (Phi) is 12.3. The summed E-state index contributed by atoms with van der Waals surface area (Å²) in [6.45, 7) is -1.02. The number of ether oxygens (including phenoxy) is 7. The first-order valence-corrected chi connectivity index (χ1v) is 14.0. The van der Waals surface area contributed by atoms with Gasteiger partial charge in [0.1, 0.15) is 91.6 Å². The molecule has 20 nitrogen and oxygen atoms in total. The van der Waals surface area contributed by atoms with E-state index in [-0.39, 0.29) is 0 Å². The van der Waals surface area contributed by atoms with Crippen molar-refractivity contribution in [2.24, 2.45) is 0 Å². The minimum absolute atomic E-state index is 0.753. The Balaban J connectivity index is 1.50. The van der Waals surface area contributed by atoms with Gasteiger partial charge in [0, 0.05) is 0 Å². The third-order valence-corrected chi connectivity index (χ3v) is 8.16. The quantitative estimate of drug-likeness (QED) is 0.110. The highest BCUT2D eigenvalue weighted by molar-refractivity contribution is 4.97. The summed E-state index contributed by atoms with van der Waals surface area (Å²) in [7, 11) is 0. The highest BCUT2D eigenvalue weighted by Gasteiger charge is 2.54. The van der Waals surface area contributed by atoms with E-state index in [2.05, 4.69) is 0 Å². The molecule has 4 heterocycles. The van der Waals surface area contributed by atoms with E-state index in [0.29, 0.717) is 0 Å². The summed E-state index contributed by atoms with van der Waals surface area (Å²) in [5, 5.41) is 133. The van der Waals surface area contributed by atoms with Crippen molar-refractivity contribution >= 4 is 0 Å². The van der Waals surface area contributed by atoms with Crippen LogP contribution in [-0.2, 0) is 33.2 Å². The Morgan fingerprint density at radius 3 is 1.43 bits per heavy atom. The molecule has 4 saturated heterocycles. The molecule has 44 heavy (non-hydrogen) atoms. The standard InChI is InChI=1S/C24H42O20/c1-5-18(14(33)16(35)22(38-5)43-19-11(30)8(4-27)39-21(37)17(19)36)42-24-20(13(32)10(29)7(3-26)41-24)44-23-15(34)12(31)9(28)6(2-25)40-23/h5-37H,2-4H2,1H3/t5-,6+,7+,8+,9-,10+,11-,12-,13-,14-,15+,16+,17+,18-,19-,20-,21?,22-,23+,24+/m0/s1. The van der Waals surface area contributed by atoms with Crippen LogP contribution in [0.1, 0.15) is 6.92 Å². The fourth-order valence-corrected chi connectivity index (χ4v) is 5.49. The zero-order chi connectivity index (χ0) is 32.6. The molecule has 1 unspecified atom stereocenters. The van der Waals surface area contributed by atoms with Crippen LogP contribution in [0.2, 0.25) is 0 Å². The van der Waals surface area contributed by atoms with Gasteiger partial charge in [0.25, 0.3) is 0 Å². The van der Waals surface area contributed by atoms with E-state index in [9.17, 15) is 66.4 Å². The third-order valence-electron chi connectivity index (χ3n) is 8.16. The first-order chi connectivity index (χ1) is 20.7. The maximum atomic E-state index is 11.0. The molecule has 13 N–H and O–H groups in total. The molecular weight excluding hydrogens is 608 g/mol. The molecule has 20 heteroatoms. The second-order valence-electron chi connectivity index (χ2n) is 11.1. The van der Waals surface area contributed by atoms with Crippen LogP contribution in [0.4, 0.5) is 0 Å². The van der Waals surface area contributed by atoms with E-state index >= 15 is 0 Å². The molecule has 4 aliphatic rings. The first-order valence-electron chi connectivity index (χ1n) is 14.0. The van der Waals surface area contributed by atoms with Gasteiger partial charge in [0.15, 0.2) is 25.2 Å². The predicted molar refractivity (Wildman–Crippen MR) is 132 cm³/mol. The molecule has 4 aliphatic heterocycles. The Labute approximate surface area is 249 Å². The van der Waals surface area contributed by atoms with E-state index in [4.69, 9.17) is 33.2 Å². The lowest BCUT2D eigenvalue weighted by molar-refractivity contribution is -0.392. The molecule has 0 amide bonds. The van der Waals surface area contributed by atoms with Gasteiger partial charge in [-0.2, -0.15) is 0 Å². The van der Waals surface area contributed by atoms with Gasteiger partial charge in [-0.3, -0.25) is 0 Å². The lowest BCUT2D eigenvalue weighted by Gasteiger charge is -2.49. The van der Waals surface area contributed by atoms with Crippen molar-refractivity contribution < 1.29 is 99.5 Å². The number of hydrogen-bond acceptors (Lipinski definition) is 20. The van der Waals surface area contributed by atoms with Crippen molar-refractivity contribution in [1.82, 2.24) is 0 Å².